The van der Waals surface area contributed by atoms with Gasteiger partial charge in [-0.2, -0.15) is 0 Å². The van der Waals surface area contributed by atoms with Gasteiger partial charge in [-0.3, -0.25) is 0 Å². The molecule has 0 fully saturated rings. The Kier molecular flexibility index (Phi) is 4.93. The molecule has 2 aromatic carbocycles. The van der Waals surface area contributed by atoms with Crippen LogP contribution in [0.5, 0.6) is 0 Å². The van der Waals surface area contributed by atoms with Gasteiger partial charge in [0.25, 0.3) is 0 Å². The van der Waals surface area contributed by atoms with Crippen LogP contribution in [-0.2, 0) is 0 Å². The normalized spacial score (nSPS) is 10.2. The van der Waals surface area contributed by atoms with Crippen LogP contribution in [0.4, 0.5) is 0 Å². The average molecular weight is 374 g/mol. The number of benzene rings is 2. The van der Waals surface area contributed by atoms with Crippen LogP contribution in [0.3, 0.4) is 0 Å². The first-order valence-corrected chi connectivity index (χ1v) is 7.03. The molecule has 0 atom stereocenters. The van der Waals surface area contributed by atoms with Gasteiger partial charge in [0.2, 0.25) is 0 Å². The van der Waals surface area contributed by atoms with Gasteiger partial charge in [0.1, 0.15) is 0 Å². The van der Waals surface area contributed by atoms with Crippen LogP contribution in [0.15, 0.2) is 30.3 Å². The van der Waals surface area contributed by atoms with Gasteiger partial charge in [0, 0.05) is 5.56 Å². The molecule has 5 N–H and O–H groups in total. The smallest absolute Gasteiger partial charge is 0.336 e. The van der Waals surface area contributed by atoms with Gasteiger partial charge in [-0.05, 0) is 35.9 Å². The molecule has 0 radical (unpaired) electrons. The molecule has 0 saturated heterocycles. The largest absolute Gasteiger partial charge is 0.478 e. The van der Waals surface area contributed by atoms with E-state index in [0.717, 1.165) is 18.2 Å². The van der Waals surface area contributed by atoms with Gasteiger partial charge in [-0.15, -0.1) is 0 Å². The summed E-state index contributed by atoms with van der Waals surface area (Å²) < 4.78 is 0. The minimum atomic E-state index is -1.67. The number of hydrogen-bond donors (Lipinski definition) is 5. The third kappa shape index (κ3) is 3.74. The predicted octanol–water partition coefficient (Wildman–Crippen LogP) is 1.84. The molecule has 0 saturated carbocycles. The molecule has 2 aromatic rings. The number of hydrogen-bond acceptors (Lipinski definition) is 5. The van der Waals surface area contributed by atoms with E-state index in [9.17, 15) is 34.2 Å². The topological polar surface area (TPSA) is 186 Å². The Morgan fingerprint density at radius 3 is 1.11 bits per heavy atom. The summed E-state index contributed by atoms with van der Waals surface area (Å²) in [5.74, 6) is -7.95. The third-order valence-electron chi connectivity index (χ3n) is 3.56. The fourth-order valence-corrected chi connectivity index (χ4v) is 2.43. The SMILES string of the molecule is O=C(O)c1cc(C(=O)O)cc(-c2c(C(=O)O)cc(C(=O)O)cc2C(=O)O)c1. The molecule has 10 heteroatoms. The molecule has 0 aliphatic heterocycles. The van der Waals surface area contributed by atoms with Crippen molar-refractivity contribution in [2.45, 2.75) is 0 Å². The average Bonchev–Trinajstić information content (AvgIpc) is 2.59. The van der Waals surface area contributed by atoms with Crippen molar-refractivity contribution in [1.29, 1.82) is 0 Å². The van der Waals surface area contributed by atoms with E-state index in [2.05, 4.69) is 0 Å². The van der Waals surface area contributed by atoms with Crippen molar-refractivity contribution in [1.82, 2.24) is 0 Å². The zero-order valence-corrected chi connectivity index (χ0v) is 13.2. The lowest BCUT2D eigenvalue weighted by atomic mass is 9.90. The Bertz CT molecular complexity index is 951. The molecule has 0 aliphatic carbocycles. The highest BCUT2D eigenvalue weighted by Crippen LogP contribution is 2.31. The molecule has 2 rings (SSSR count). The molecule has 138 valence electrons. The molecule has 0 amide bonds. The Hall–Kier alpha value is -4.21. The van der Waals surface area contributed by atoms with Crippen LogP contribution in [0, 0.1) is 0 Å². The Morgan fingerprint density at radius 2 is 0.815 bits per heavy atom. The quantitative estimate of drug-likeness (QED) is 0.499. The minimum Gasteiger partial charge on any atom is -0.478 e. The van der Waals surface area contributed by atoms with Crippen molar-refractivity contribution < 1.29 is 49.5 Å². The lowest BCUT2D eigenvalue weighted by molar-refractivity contribution is 0.0674. The number of aromatic carboxylic acids is 5. The first-order chi connectivity index (χ1) is 12.5. The molecule has 0 aromatic heterocycles. The van der Waals surface area contributed by atoms with Crippen molar-refractivity contribution in [2.75, 3.05) is 0 Å². The molecule has 0 heterocycles. The minimum absolute atomic E-state index is 0.306. The molecular weight excluding hydrogens is 364 g/mol. The summed E-state index contributed by atoms with van der Waals surface area (Å²) in [5.41, 5.74) is -3.91. The third-order valence-corrected chi connectivity index (χ3v) is 3.56. The second-order valence-electron chi connectivity index (χ2n) is 5.27. The van der Waals surface area contributed by atoms with E-state index in [4.69, 9.17) is 15.3 Å². The second-order valence-corrected chi connectivity index (χ2v) is 5.27. The number of rotatable bonds is 6. The lowest BCUT2D eigenvalue weighted by Crippen LogP contribution is -2.12. The van der Waals surface area contributed by atoms with E-state index in [0.29, 0.717) is 12.1 Å². The summed E-state index contributed by atoms with van der Waals surface area (Å²) in [7, 11) is 0. The van der Waals surface area contributed by atoms with Crippen molar-refractivity contribution in [2.24, 2.45) is 0 Å². The molecule has 0 bridgehead atoms. The summed E-state index contributed by atoms with van der Waals surface area (Å²) in [4.78, 5) is 56.7. The highest BCUT2D eigenvalue weighted by molar-refractivity contribution is 6.08. The maximum atomic E-state index is 11.6. The fraction of sp³-hybridized carbons (Fsp3) is 0. The second kappa shape index (κ2) is 6.96. The van der Waals surface area contributed by atoms with Gasteiger partial charge >= 0.3 is 29.8 Å². The molecule has 10 nitrogen and oxygen atoms in total. The van der Waals surface area contributed by atoms with Gasteiger partial charge < -0.3 is 25.5 Å². The van der Waals surface area contributed by atoms with Crippen molar-refractivity contribution in [3.63, 3.8) is 0 Å². The van der Waals surface area contributed by atoms with E-state index in [-0.39, 0.29) is 5.56 Å². The van der Waals surface area contributed by atoms with Crippen LogP contribution in [-0.4, -0.2) is 55.4 Å². The number of carboxylic acid groups (broad SMARTS) is 5. The van der Waals surface area contributed by atoms with Gasteiger partial charge in [0.15, 0.2) is 0 Å². The van der Waals surface area contributed by atoms with Crippen molar-refractivity contribution in [3.05, 3.63) is 58.1 Å². The highest BCUT2D eigenvalue weighted by Gasteiger charge is 2.25. The first-order valence-electron chi connectivity index (χ1n) is 7.03. The Balaban J connectivity index is 2.98. The van der Waals surface area contributed by atoms with Crippen LogP contribution >= 0.6 is 0 Å². The summed E-state index contributed by atoms with van der Waals surface area (Å²) >= 11 is 0. The van der Waals surface area contributed by atoms with Crippen molar-refractivity contribution in [3.8, 4) is 11.1 Å². The van der Waals surface area contributed by atoms with Crippen LogP contribution in [0.2, 0.25) is 0 Å². The monoisotopic (exact) mass is 374 g/mol. The molecular formula is C17H10O10. The molecule has 27 heavy (non-hydrogen) atoms. The summed E-state index contributed by atoms with van der Waals surface area (Å²) in [5, 5.41) is 46.1. The zero-order chi connectivity index (χ0) is 20.5. The van der Waals surface area contributed by atoms with Crippen LogP contribution in [0.1, 0.15) is 51.8 Å². The standard InChI is InChI=1S/C17H10O10/c18-13(19)7-1-6(2-8(3-7)14(20)21)12-10(16(24)25)4-9(15(22)23)5-11(12)17(26)27/h1-5H,(H,18,19)(H,20,21)(H,22,23)(H,24,25)(H,26,27). The molecule has 0 spiro atoms. The van der Waals surface area contributed by atoms with E-state index in [1.54, 1.807) is 0 Å². The summed E-state index contributed by atoms with van der Waals surface area (Å²) in [6.07, 6.45) is 0. The first kappa shape index (κ1) is 19.1. The maximum absolute atomic E-state index is 11.6. The highest BCUT2D eigenvalue weighted by atomic mass is 16.4. The van der Waals surface area contributed by atoms with E-state index >= 15 is 0 Å². The van der Waals surface area contributed by atoms with Gasteiger partial charge in [-0.25, -0.2) is 24.0 Å². The fourth-order valence-electron chi connectivity index (χ4n) is 2.43. The Labute approximate surface area is 149 Å². The van der Waals surface area contributed by atoms with Crippen LogP contribution in [0.25, 0.3) is 11.1 Å². The summed E-state index contributed by atoms with van der Waals surface area (Å²) in [6.45, 7) is 0. The number of carbonyl (C=O) groups is 5. The summed E-state index contributed by atoms with van der Waals surface area (Å²) in [6, 6.07) is 4.05. The zero-order valence-electron chi connectivity index (χ0n) is 13.2. The van der Waals surface area contributed by atoms with E-state index in [1.165, 1.54) is 0 Å². The predicted molar refractivity (Wildman–Crippen MR) is 86.7 cm³/mol. The van der Waals surface area contributed by atoms with E-state index in [1.807, 2.05) is 0 Å². The Morgan fingerprint density at radius 1 is 0.481 bits per heavy atom. The van der Waals surface area contributed by atoms with Gasteiger partial charge in [0.05, 0.1) is 27.8 Å². The molecule has 0 unspecified atom stereocenters. The lowest BCUT2D eigenvalue weighted by Gasteiger charge is -2.13. The maximum Gasteiger partial charge on any atom is 0.336 e. The van der Waals surface area contributed by atoms with E-state index < -0.39 is 63.2 Å². The number of carboxylic acids is 5. The van der Waals surface area contributed by atoms with Crippen molar-refractivity contribution >= 4 is 29.8 Å². The van der Waals surface area contributed by atoms with Gasteiger partial charge in [-0.1, -0.05) is 0 Å². The van der Waals surface area contributed by atoms with Crippen LogP contribution < -0.4 is 0 Å². The molecule has 0 aliphatic rings.